The average molecular weight is 387 g/mol. The van der Waals surface area contributed by atoms with E-state index in [1.807, 2.05) is 4.90 Å². The maximum Gasteiger partial charge on any atom is 0.255 e. The second kappa shape index (κ2) is 7.58. The van der Waals surface area contributed by atoms with Crippen LogP contribution >= 0.6 is 11.3 Å². The lowest BCUT2D eigenvalue weighted by Crippen LogP contribution is -2.63. The highest BCUT2D eigenvalue weighted by molar-refractivity contribution is 7.07. The zero-order valence-electron chi connectivity index (χ0n) is 15.4. The van der Waals surface area contributed by atoms with E-state index < -0.39 is 0 Å². The van der Waals surface area contributed by atoms with Gasteiger partial charge in [-0.1, -0.05) is 0 Å². The van der Waals surface area contributed by atoms with E-state index in [-0.39, 0.29) is 24.0 Å². The average Bonchev–Trinajstić information content (AvgIpc) is 3.20. The Morgan fingerprint density at radius 1 is 1.37 bits per heavy atom. The number of fused-ring (bicyclic) bond motifs is 1. The third-order valence-corrected chi connectivity index (χ3v) is 6.74. The van der Waals surface area contributed by atoms with Crippen LogP contribution in [0.15, 0.2) is 35.2 Å². The SMILES string of the molecule is Nc1ccc(C(=O)N2CCC[C@]3(CO)CN(Cc4ccsc4)CC[C@@H]23)cn1. The maximum absolute atomic E-state index is 13.1. The van der Waals surface area contributed by atoms with Crippen molar-refractivity contribution in [3.05, 3.63) is 46.3 Å². The first kappa shape index (κ1) is 18.4. The third kappa shape index (κ3) is 3.59. The van der Waals surface area contributed by atoms with Crippen molar-refractivity contribution in [2.75, 3.05) is 32.0 Å². The fraction of sp³-hybridized carbons (Fsp3) is 0.500. The summed E-state index contributed by atoms with van der Waals surface area (Å²) in [5.41, 5.74) is 7.29. The number of aromatic nitrogens is 1. The van der Waals surface area contributed by atoms with Crippen LogP contribution in [-0.4, -0.2) is 58.1 Å². The lowest BCUT2D eigenvalue weighted by molar-refractivity contribution is -0.0685. The Morgan fingerprint density at radius 2 is 2.26 bits per heavy atom. The fourth-order valence-electron chi connectivity index (χ4n) is 4.68. The van der Waals surface area contributed by atoms with E-state index in [9.17, 15) is 9.90 Å². The fourth-order valence-corrected chi connectivity index (χ4v) is 5.34. The van der Waals surface area contributed by atoms with Crippen LogP contribution in [0.25, 0.3) is 0 Å². The zero-order valence-corrected chi connectivity index (χ0v) is 16.2. The Kier molecular flexibility index (Phi) is 5.16. The predicted molar refractivity (Wildman–Crippen MR) is 106 cm³/mol. The van der Waals surface area contributed by atoms with Crippen molar-refractivity contribution in [2.45, 2.75) is 31.8 Å². The van der Waals surface area contributed by atoms with Gasteiger partial charge in [0.15, 0.2) is 0 Å². The first-order valence-corrected chi connectivity index (χ1v) is 10.4. The number of anilines is 1. The van der Waals surface area contributed by atoms with Gasteiger partial charge >= 0.3 is 0 Å². The highest BCUT2D eigenvalue weighted by Crippen LogP contribution is 2.42. The molecule has 7 heteroatoms. The van der Waals surface area contributed by atoms with Crippen LogP contribution in [0.2, 0.25) is 0 Å². The zero-order chi connectivity index (χ0) is 18.9. The number of hydrogen-bond acceptors (Lipinski definition) is 6. The van der Waals surface area contributed by atoms with Crippen LogP contribution in [0.3, 0.4) is 0 Å². The van der Waals surface area contributed by atoms with Crippen molar-refractivity contribution in [3.63, 3.8) is 0 Å². The first-order chi connectivity index (χ1) is 13.1. The van der Waals surface area contributed by atoms with Crippen molar-refractivity contribution in [3.8, 4) is 0 Å². The number of aliphatic hydroxyl groups is 1. The number of carbonyl (C=O) groups is 1. The summed E-state index contributed by atoms with van der Waals surface area (Å²) < 4.78 is 0. The van der Waals surface area contributed by atoms with Gasteiger partial charge in [0.2, 0.25) is 0 Å². The molecule has 6 nitrogen and oxygen atoms in total. The molecule has 1 amide bonds. The summed E-state index contributed by atoms with van der Waals surface area (Å²) in [6.45, 7) is 3.52. The van der Waals surface area contributed by atoms with Gasteiger partial charge in [0, 0.05) is 43.8 Å². The first-order valence-electron chi connectivity index (χ1n) is 9.48. The smallest absolute Gasteiger partial charge is 0.255 e. The Labute approximate surface area is 163 Å². The molecule has 2 aliphatic heterocycles. The Hall–Kier alpha value is -1.96. The molecule has 4 rings (SSSR count). The van der Waals surface area contributed by atoms with E-state index in [1.165, 1.54) is 5.56 Å². The molecule has 0 unspecified atom stereocenters. The molecular weight excluding hydrogens is 360 g/mol. The molecule has 4 heterocycles. The molecule has 144 valence electrons. The number of amides is 1. The van der Waals surface area contributed by atoms with Gasteiger partial charge in [0.25, 0.3) is 5.91 Å². The molecule has 3 N–H and O–H groups in total. The van der Waals surface area contributed by atoms with Crippen molar-refractivity contribution >= 4 is 23.1 Å². The number of aliphatic hydroxyl groups excluding tert-OH is 1. The Bertz CT molecular complexity index is 780. The normalized spacial score (nSPS) is 26.0. The topological polar surface area (TPSA) is 82.7 Å². The molecule has 0 radical (unpaired) electrons. The number of thiophene rings is 1. The van der Waals surface area contributed by atoms with Crippen molar-refractivity contribution in [1.82, 2.24) is 14.8 Å². The minimum Gasteiger partial charge on any atom is -0.396 e. The van der Waals surface area contributed by atoms with Crippen LogP contribution in [0.1, 0.15) is 35.2 Å². The standard InChI is InChI=1S/C20H26N4O2S/c21-18-3-2-16(10-22-18)19(26)24-7-1-6-20(14-25)13-23(8-4-17(20)24)11-15-5-9-27-12-15/h2-3,5,9-10,12,17,25H,1,4,6-8,11,13-14H2,(H2,21,22)/t17-,20-/m1/s1. The van der Waals surface area contributed by atoms with Crippen LogP contribution < -0.4 is 5.73 Å². The van der Waals surface area contributed by atoms with Gasteiger partial charge in [-0.15, -0.1) is 0 Å². The summed E-state index contributed by atoms with van der Waals surface area (Å²) in [4.78, 5) is 21.6. The lowest BCUT2D eigenvalue weighted by atomic mass is 9.69. The van der Waals surface area contributed by atoms with E-state index in [2.05, 4.69) is 26.7 Å². The summed E-state index contributed by atoms with van der Waals surface area (Å²) >= 11 is 1.71. The minimum atomic E-state index is -0.247. The van der Waals surface area contributed by atoms with E-state index in [0.717, 1.165) is 45.4 Å². The van der Waals surface area contributed by atoms with Gasteiger partial charge in [0.1, 0.15) is 5.82 Å². The number of pyridine rings is 1. The monoisotopic (exact) mass is 386 g/mol. The molecule has 0 spiro atoms. The minimum absolute atomic E-state index is 0.00342. The molecule has 0 aliphatic carbocycles. The summed E-state index contributed by atoms with van der Waals surface area (Å²) in [5.74, 6) is 0.410. The van der Waals surface area contributed by atoms with Crippen molar-refractivity contribution in [2.24, 2.45) is 5.41 Å². The molecule has 0 bridgehead atoms. The molecule has 0 saturated carbocycles. The number of carbonyl (C=O) groups excluding carboxylic acids is 1. The number of likely N-dealkylation sites (tertiary alicyclic amines) is 2. The molecule has 2 fully saturated rings. The number of piperidine rings is 2. The third-order valence-electron chi connectivity index (χ3n) is 6.01. The van der Waals surface area contributed by atoms with Crippen molar-refractivity contribution < 1.29 is 9.90 Å². The molecule has 2 saturated heterocycles. The predicted octanol–water partition coefficient (Wildman–Crippen LogP) is 2.21. The Morgan fingerprint density at radius 3 is 2.96 bits per heavy atom. The van der Waals surface area contributed by atoms with E-state index in [0.29, 0.717) is 11.4 Å². The number of nitrogens with zero attached hydrogens (tertiary/aromatic N) is 3. The molecule has 0 aromatic carbocycles. The quantitative estimate of drug-likeness (QED) is 0.842. The summed E-state index contributed by atoms with van der Waals surface area (Å²) in [7, 11) is 0. The van der Waals surface area contributed by atoms with Gasteiger partial charge in [-0.2, -0.15) is 11.3 Å². The highest BCUT2D eigenvalue weighted by Gasteiger charge is 2.49. The van der Waals surface area contributed by atoms with Gasteiger partial charge in [-0.25, -0.2) is 4.98 Å². The molecule has 2 atom stereocenters. The van der Waals surface area contributed by atoms with Gasteiger partial charge < -0.3 is 15.7 Å². The molecular formula is C20H26N4O2S. The Balaban J connectivity index is 1.53. The number of rotatable bonds is 4. The number of hydrogen-bond donors (Lipinski definition) is 2. The second-order valence-electron chi connectivity index (χ2n) is 7.74. The van der Waals surface area contributed by atoms with Crippen LogP contribution in [0, 0.1) is 5.41 Å². The molecule has 27 heavy (non-hydrogen) atoms. The molecule has 2 aliphatic rings. The summed E-state index contributed by atoms with van der Waals surface area (Å²) in [6, 6.07) is 5.64. The number of nitrogens with two attached hydrogens (primary N) is 1. The molecule has 2 aromatic heterocycles. The maximum atomic E-state index is 13.1. The van der Waals surface area contributed by atoms with E-state index >= 15 is 0 Å². The van der Waals surface area contributed by atoms with Crippen LogP contribution in [-0.2, 0) is 6.54 Å². The summed E-state index contributed by atoms with van der Waals surface area (Å²) in [6.07, 6.45) is 4.31. The van der Waals surface area contributed by atoms with E-state index in [1.54, 1.807) is 29.7 Å². The van der Waals surface area contributed by atoms with Crippen LogP contribution in [0.4, 0.5) is 5.82 Å². The van der Waals surface area contributed by atoms with Gasteiger partial charge in [-0.3, -0.25) is 9.69 Å². The van der Waals surface area contributed by atoms with Gasteiger partial charge in [0.05, 0.1) is 12.2 Å². The van der Waals surface area contributed by atoms with Crippen LogP contribution in [0.5, 0.6) is 0 Å². The highest BCUT2D eigenvalue weighted by atomic mass is 32.1. The number of nitrogen functional groups attached to an aromatic ring is 1. The summed E-state index contributed by atoms with van der Waals surface area (Å²) in [5, 5.41) is 14.6. The lowest BCUT2D eigenvalue weighted by Gasteiger charge is -2.54. The van der Waals surface area contributed by atoms with Crippen molar-refractivity contribution in [1.29, 1.82) is 0 Å². The van der Waals surface area contributed by atoms with Gasteiger partial charge in [-0.05, 0) is 53.8 Å². The largest absolute Gasteiger partial charge is 0.396 e. The van der Waals surface area contributed by atoms with E-state index in [4.69, 9.17) is 5.73 Å². The second-order valence-corrected chi connectivity index (χ2v) is 8.52. The molecule has 2 aromatic rings.